The molecule has 1 saturated carbocycles. The number of carbonyl (C=O) groups excluding carboxylic acids is 1. The van der Waals surface area contributed by atoms with Crippen LogP contribution in [0.1, 0.15) is 51.8 Å². The van der Waals surface area contributed by atoms with Gasteiger partial charge in [0.25, 0.3) is 5.91 Å². The number of amides is 1. The van der Waals surface area contributed by atoms with Crippen molar-refractivity contribution in [2.45, 2.75) is 38.1 Å². The fourth-order valence-corrected chi connectivity index (χ4v) is 3.68. The van der Waals surface area contributed by atoms with Gasteiger partial charge in [0.1, 0.15) is 5.75 Å². The summed E-state index contributed by atoms with van der Waals surface area (Å²) in [6, 6.07) is 6.38. The molecular weight excluding hydrogens is 322 g/mol. The molecule has 0 radical (unpaired) electrons. The summed E-state index contributed by atoms with van der Waals surface area (Å²) in [4.78, 5) is 17.7. The Morgan fingerprint density at radius 1 is 1.33 bits per heavy atom. The molecular formula is C18H23N3O2S. The molecule has 1 aliphatic rings. The molecule has 0 bridgehead atoms. The van der Waals surface area contributed by atoms with Gasteiger partial charge in [-0.3, -0.25) is 4.79 Å². The van der Waals surface area contributed by atoms with Crippen LogP contribution in [0.4, 0.5) is 0 Å². The first-order valence-electron chi connectivity index (χ1n) is 8.45. The number of hydrogen-bond acceptors (Lipinski definition) is 5. The number of benzene rings is 1. The van der Waals surface area contributed by atoms with Gasteiger partial charge in [-0.25, -0.2) is 4.98 Å². The van der Waals surface area contributed by atoms with Crippen LogP contribution in [-0.2, 0) is 6.54 Å². The lowest BCUT2D eigenvalue weighted by atomic mass is 9.86. The lowest BCUT2D eigenvalue weighted by molar-refractivity contribution is 0.0953. The molecule has 3 N–H and O–H groups in total. The molecule has 0 aliphatic heterocycles. The summed E-state index contributed by atoms with van der Waals surface area (Å²) in [5.74, 6) is 0.657. The summed E-state index contributed by atoms with van der Waals surface area (Å²) in [5.41, 5.74) is 0.483. The highest BCUT2D eigenvalue weighted by atomic mass is 32.1. The Morgan fingerprint density at radius 3 is 2.96 bits per heavy atom. The number of carbonyl (C=O) groups is 1. The highest BCUT2D eigenvalue weighted by Crippen LogP contribution is 2.38. The second kappa shape index (κ2) is 8.26. The molecule has 1 heterocycles. The third kappa shape index (κ3) is 4.55. The summed E-state index contributed by atoms with van der Waals surface area (Å²) in [5, 5.41) is 16.9. The first-order valence-corrected chi connectivity index (χ1v) is 9.26. The summed E-state index contributed by atoms with van der Waals surface area (Å²) in [7, 11) is 0. The van der Waals surface area contributed by atoms with E-state index in [4.69, 9.17) is 0 Å². The Bertz CT molecular complexity index is 682. The second-order valence-corrected chi connectivity index (χ2v) is 7.28. The summed E-state index contributed by atoms with van der Waals surface area (Å²) >= 11 is 1.82. The molecule has 128 valence electrons. The largest absolute Gasteiger partial charge is 0.508 e. The van der Waals surface area contributed by atoms with Crippen LogP contribution in [-0.4, -0.2) is 29.1 Å². The topological polar surface area (TPSA) is 74.2 Å². The number of thiazole rings is 1. The number of hydrogen-bond donors (Lipinski definition) is 3. The smallest absolute Gasteiger partial charge is 0.251 e. The minimum absolute atomic E-state index is 0.107. The number of nitrogens with one attached hydrogen (secondary N) is 2. The van der Waals surface area contributed by atoms with E-state index in [1.54, 1.807) is 18.2 Å². The molecule has 0 saturated heterocycles. The van der Waals surface area contributed by atoms with Crippen molar-refractivity contribution >= 4 is 17.2 Å². The maximum atomic E-state index is 11.9. The van der Waals surface area contributed by atoms with Crippen LogP contribution in [0.3, 0.4) is 0 Å². The van der Waals surface area contributed by atoms with Gasteiger partial charge in [0.15, 0.2) is 0 Å². The number of phenols is 1. The molecule has 6 heteroatoms. The summed E-state index contributed by atoms with van der Waals surface area (Å²) in [6.07, 6.45) is 6.76. The van der Waals surface area contributed by atoms with Crippen LogP contribution in [0.2, 0.25) is 0 Å². The average Bonchev–Trinajstić information content (AvgIpc) is 2.97. The lowest BCUT2D eigenvalue weighted by Gasteiger charge is -2.22. The van der Waals surface area contributed by atoms with Gasteiger partial charge in [-0.05, 0) is 44.0 Å². The predicted octanol–water partition coefficient (Wildman–Crippen LogP) is 3.03. The fraction of sp³-hybridized carbons (Fsp3) is 0.444. The zero-order chi connectivity index (χ0) is 16.8. The van der Waals surface area contributed by atoms with Crippen molar-refractivity contribution in [3.8, 4) is 5.75 Å². The number of nitrogens with zero attached hydrogens (tertiary/aromatic N) is 1. The van der Waals surface area contributed by atoms with Crippen LogP contribution in [0.25, 0.3) is 0 Å². The van der Waals surface area contributed by atoms with Gasteiger partial charge in [-0.2, -0.15) is 0 Å². The molecule has 0 unspecified atom stereocenters. The summed E-state index contributed by atoms with van der Waals surface area (Å²) < 4.78 is 0. The third-order valence-electron chi connectivity index (χ3n) is 4.25. The van der Waals surface area contributed by atoms with Crippen molar-refractivity contribution in [3.63, 3.8) is 0 Å². The number of phenolic OH excluding ortho intramolecular Hbond substituents is 1. The zero-order valence-electron chi connectivity index (χ0n) is 13.6. The van der Waals surface area contributed by atoms with Gasteiger partial charge in [0.2, 0.25) is 0 Å². The maximum absolute atomic E-state index is 11.9. The standard InChI is InChI=1S/C18H23N3O2S/c22-15-7-2-6-14(10-15)17(23)20-9-3-8-19-11-16-12-21-18(24-16)13-4-1-5-13/h2,6-7,10,12-13,19,22H,1,3-5,8-9,11H2,(H,20,23). The average molecular weight is 345 g/mol. The Morgan fingerprint density at radius 2 is 2.21 bits per heavy atom. The molecule has 3 rings (SSSR count). The zero-order valence-corrected chi connectivity index (χ0v) is 14.4. The first kappa shape index (κ1) is 16.9. The minimum Gasteiger partial charge on any atom is -0.508 e. The van der Waals surface area contributed by atoms with Gasteiger partial charge in [-0.1, -0.05) is 12.5 Å². The SMILES string of the molecule is O=C(NCCCNCc1cnc(C2CCC2)s1)c1cccc(O)c1. The van der Waals surface area contributed by atoms with Crippen molar-refractivity contribution in [1.29, 1.82) is 0 Å². The van der Waals surface area contributed by atoms with Crippen LogP contribution >= 0.6 is 11.3 Å². The van der Waals surface area contributed by atoms with E-state index in [1.807, 2.05) is 17.5 Å². The molecule has 5 nitrogen and oxygen atoms in total. The Labute approximate surface area is 146 Å². The van der Waals surface area contributed by atoms with Crippen LogP contribution in [0.5, 0.6) is 5.75 Å². The molecule has 1 fully saturated rings. The lowest BCUT2D eigenvalue weighted by Crippen LogP contribution is -2.27. The normalized spacial score (nSPS) is 14.3. The van der Waals surface area contributed by atoms with E-state index in [0.29, 0.717) is 18.0 Å². The third-order valence-corrected chi connectivity index (χ3v) is 5.41. The van der Waals surface area contributed by atoms with Gasteiger partial charge >= 0.3 is 0 Å². The van der Waals surface area contributed by atoms with E-state index in [-0.39, 0.29) is 11.7 Å². The van der Waals surface area contributed by atoms with Crippen molar-refractivity contribution in [3.05, 3.63) is 45.9 Å². The van der Waals surface area contributed by atoms with Crippen LogP contribution < -0.4 is 10.6 Å². The van der Waals surface area contributed by atoms with Gasteiger partial charge < -0.3 is 15.7 Å². The van der Waals surface area contributed by atoms with E-state index in [2.05, 4.69) is 15.6 Å². The molecule has 1 aromatic heterocycles. The Balaban J connectivity index is 1.30. The van der Waals surface area contributed by atoms with Crippen molar-refractivity contribution in [1.82, 2.24) is 15.6 Å². The molecule has 24 heavy (non-hydrogen) atoms. The molecule has 0 atom stereocenters. The number of aromatic nitrogens is 1. The molecule has 1 aromatic carbocycles. The van der Waals surface area contributed by atoms with Crippen molar-refractivity contribution in [2.24, 2.45) is 0 Å². The maximum Gasteiger partial charge on any atom is 0.251 e. The summed E-state index contributed by atoms with van der Waals surface area (Å²) in [6.45, 7) is 2.29. The van der Waals surface area contributed by atoms with Crippen molar-refractivity contribution in [2.75, 3.05) is 13.1 Å². The molecule has 2 aromatic rings. The van der Waals surface area contributed by atoms with Crippen LogP contribution in [0.15, 0.2) is 30.5 Å². The first-order chi connectivity index (χ1) is 11.7. The molecule has 1 aliphatic carbocycles. The van der Waals surface area contributed by atoms with E-state index in [1.165, 1.54) is 35.2 Å². The second-order valence-electron chi connectivity index (χ2n) is 6.13. The van der Waals surface area contributed by atoms with E-state index >= 15 is 0 Å². The van der Waals surface area contributed by atoms with Crippen LogP contribution in [0, 0.1) is 0 Å². The van der Waals surface area contributed by atoms with Gasteiger partial charge in [0, 0.05) is 35.6 Å². The quantitative estimate of drug-likeness (QED) is 0.643. The minimum atomic E-state index is -0.154. The monoisotopic (exact) mass is 345 g/mol. The number of aromatic hydroxyl groups is 1. The van der Waals surface area contributed by atoms with Crippen molar-refractivity contribution < 1.29 is 9.90 Å². The van der Waals surface area contributed by atoms with E-state index in [0.717, 1.165) is 19.5 Å². The van der Waals surface area contributed by atoms with E-state index in [9.17, 15) is 9.90 Å². The van der Waals surface area contributed by atoms with E-state index < -0.39 is 0 Å². The highest BCUT2D eigenvalue weighted by Gasteiger charge is 2.22. The predicted molar refractivity (Wildman–Crippen MR) is 95.5 cm³/mol. The Hall–Kier alpha value is -1.92. The highest BCUT2D eigenvalue weighted by molar-refractivity contribution is 7.11. The fourth-order valence-electron chi connectivity index (χ4n) is 2.62. The van der Waals surface area contributed by atoms with Gasteiger partial charge in [-0.15, -0.1) is 11.3 Å². The molecule has 1 amide bonds. The number of rotatable bonds is 8. The van der Waals surface area contributed by atoms with Gasteiger partial charge in [0.05, 0.1) is 5.01 Å². The Kier molecular flexibility index (Phi) is 5.82. The molecule has 0 spiro atoms.